The topological polar surface area (TPSA) is 107 Å². The van der Waals surface area contributed by atoms with Gasteiger partial charge in [0, 0.05) is 13.1 Å². The summed E-state index contributed by atoms with van der Waals surface area (Å²) < 4.78 is 53.8. The molecule has 2 aromatic carbocycles. The quantitative estimate of drug-likeness (QED) is 0.777. The van der Waals surface area contributed by atoms with Crippen LogP contribution in [-0.4, -0.2) is 34.2 Å². The Morgan fingerprint density at radius 1 is 0.962 bits per heavy atom. The minimum atomic E-state index is -3.95. The van der Waals surface area contributed by atoms with Crippen LogP contribution in [-0.2, 0) is 20.0 Å². The van der Waals surface area contributed by atoms with Crippen molar-refractivity contribution in [1.29, 1.82) is 5.26 Å². The molecule has 0 aromatic heterocycles. The van der Waals surface area contributed by atoms with Gasteiger partial charge in [0.15, 0.2) is 0 Å². The molecule has 0 bridgehead atoms. The second-order valence-corrected chi connectivity index (χ2v) is 8.98. The zero-order valence-electron chi connectivity index (χ0n) is 14.4. The van der Waals surface area contributed by atoms with E-state index >= 15 is 0 Å². The molecule has 2 aromatic rings. The summed E-state index contributed by atoms with van der Waals surface area (Å²) in [6, 6.07) is 13.1. The number of nitrogens with zero attached hydrogens (tertiary/aromatic N) is 2. The molecule has 0 aliphatic carbocycles. The fraction of sp³-hybridized carbons (Fsp3) is 0.235. The van der Waals surface area contributed by atoms with Gasteiger partial charge in [-0.25, -0.2) is 16.8 Å². The molecule has 0 spiro atoms. The average molecular weight is 393 g/mol. The van der Waals surface area contributed by atoms with Crippen molar-refractivity contribution in [2.24, 2.45) is 0 Å². The molecular weight excluding hydrogens is 374 g/mol. The number of benzene rings is 2. The van der Waals surface area contributed by atoms with Gasteiger partial charge < -0.3 is 0 Å². The van der Waals surface area contributed by atoms with Gasteiger partial charge in [0.05, 0.1) is 27.1 Å². The number of sulfonamides is 2. The molecule has 0 heterocycles. The lowest BCUT2D eigenvalue weighted by molar-refractivity contribution is 0.445. The highest BCUT2D eigenvalue weighted by atomic mass is 32.2. The van der Waals surface area contributed by atoms with Crippen molar-refractivity contribution < 1.29 is 16.8 Å². The Bertz CT molecular complexity index is 1040. The van der Waals surface area contributed by atoms with E-state index in [1.54, 1.807) is 13.8 Å². The van der Waals surface area contributed by atoms with Crippen LogP contribution in [0.15, 0.2) is 58.3 Å². The number of anilines is 1. The fourth-order valence-electron chi connectivity index (χ4n) is 2.38. The van der Waals surface area contributed by atoms with E-state index in [2.05, 4.69) is 4.72 Å². The lowest BCUT2D eigenvalue weighted by Crippen LogP contribution is -2.30. The Morgan fingerprint density at radius 3 is 2.19 bits per heavy atom. The molecular formula is C17H19N3O4S2. The van der Waals surface area contributed by atoms with E-state index in [9.17, 15) is 16.8 Å². The molecule has 0 radical (unpaired) electrons. The van der Waals surface area contributed by atoms with Crippen LogP contribution < -0.4 is 4.72 Å². The maximum atomic E-state index is 12.6. The highest BCUT2D eigenvalue weighted by molar-refractivity contribution is 7.92. The Morgan fingerprint density at radius 2 is 1.58 bits per heavy atom. The van der Waals surface area contributed by atoms with Gasteiger partial charge in [-0.15, -0.1) is 0 Å². The van der Waals surface area contributed by atoms with Crippen molar-refractivity contribution in [3.8, 4) is 6.07 Å². The van der Waals surface area contributed by atoms with Crippen molar-refractivity contribution in [3.63, 3.8) is 0 Å². The predicted octanol–water partition coefficient (Wildman–Crippen LogP) is 2.39. The van der Waals surface area contributed by atoms with Gasteiger partial charge in [-0.3, -0.25) is 4.72 Å². The second-order valence-electron chi connectivity index (χ2n) is 5.36. The van der Waals surface area contributed by atoms with Crippen LogP contribution in [0, 0.1) is 11.3 Å². The lowest BCUT2D eigenvalue weighted by atomic mass is 10.2. The molecule has 1 N–H and O–H groups in total. The molecule has 0 aliphatic heterocycles. The van der Waals surface area contributed by atoms with Crippen LogP contribution in [0.2, 0.25) is 0 Å². The molecule has 26 heavy (non-hydrogen) atoms. The third kappa shape index (κ3) is 4.22. The van der Waals surface area contributed by atoms with Gasteiger partial charge in [-0.05, 0) is 36.4 Å². The van der Waals surface area contributed by atoms with E-state index in [1.165, 1.54) is 52.8 Å². The Balaban J connectivity index is 2.38. The maximum Gasteiger partial charge on any atom is 0.261 e. The smallest absolute Gasteiger partial charge is 0.261 e. The van der Waals surface area contributed by atoms with Crippen LogP contribution >= 0.6 is 0 Å². The second kappa shape index (κ2) is 7.86. The van der Waals surface area contributed by atoms with Crippen LogP contribution in [0.1, 0.15) is 19.4 Å². The number of hydrogen-bond donors (Lipinski definition) is 1. The Hall–Kier alpha value is -2.41. The molecule has 0 saturated heterocycles. The van der Waals surface area contributed by atoms with Crippen molar-refractivity contribution in [2.45, 2.75) is 23.6 Å². The molecule has 2 rings (SSSR count). The number of rotatable bonds is 7. The third-order valence-corrected chi connectivity index (χ3v) is 7.13. The lowest BCUT2D eigenvalue weighted by Gasteiger charge is -2.19. The minimum absolute atomic E-state index is 0.00664. The van der Waals surface area contributed by atoms with Crippen LogP contribution in [0.5, 0.6) is 0 Å². The molecule has 0 fully saturated rings. The summed E-state index contributed by atoms with van der Waals surface area (Å²) in [4.78, 5) is -0.0688. The standard InChI is InChI=1S/C17H19N3O4S2/c1-3-20(4-2)26(23,24)17-10-6-8-15(12-17)19-25(21,22)16-9-5-7-14(11-16)13-18/h5-12,19H,3-4H2,1-2H3. The molecule has 0 atom stereocenters. The van der Waals surface area contributed by atoms with Crippen LogP contribution in [0.25, 0.3) is 0 Å². The van der Waals surface area contributed by atoms with E-state index in [1.807, 2.05) is 6.07 Å². The molecule has 9 heteroatoms. The molecule has 0 amide bonds. The zero-order valence-corrected chi connectivity index (χ0v) is 16.0. The Kier molecular flexibility index (Phi) is 6.02. The number of hydrogen-bond acceptors (Lipinski definition) is 5. The van der Waals surface area contributed by atoms with Crippen molar-refractivity contribution in [2.75, 3.05) is 17.8 Å². The van der Waals surface area contributed by atoms with Gasteiger partial charge in [0.1, 0.15) is 0 Å². The first kappa shape index (κ1) is 19.9. The van der Waals surface area contributed by atoms with Crippen molar-refractivity contribution in [3.05, 3.63) is 54.1 Å². The number of nitrogens with one attached hydrogen (secondary N) is 1. The summed E-state index contributed by atoms with van der Waals surface area (Å²) in [6.07, 6.45) is 0. The predicted molar refractivity (Wildman–Crippen MR) is 98.5 cm³/mol. The summed E-state index contributed by atoms with van der Waals surface area (Å²) in [5.41, 5.74) is 0.339. The van der Waals surface area contributed by atoms with E-state index in [-0.39, 0.29) is 21.0 Å². The largest absolute Gasteiger partial charge is 0.280 e. The highest BCUT2D eigenvalue weighted by Gasteiger charge is 2.22. The van der Waals surface area contributed by atoms with Crippen LogP contribution in [0.4, 0.5) is 5.69 Å². The SMILES string of the molecule is CCN(CC)S(=O)(=O)c1cccc(NS(=O)(=O)c2cccc(C#N)c2)c1. The van der Waals surface area contributed by atoms with Crippen LogP contribution in [0.3, 0.4) is 0 Å². The summed E-state index contributed by atoms with van der Waals surface area (Å²) in [5.74, 6) is 0. The molecule has 0 saturated carbocycles. The summed E-state index contributed by atoms with van der Waals surface area (Å²) >= 11 is 0. The first-order valence-electron chi connectivity index (χ1n) is 7.87. The van der Waals surface area contributed by atoms with E-state index in [4.69, 9.17) is 5.26 Å². The zero-order chi connectivity index (χ0) is 19.4. The first-order chi connectivity index (χ1) is 12.2. The van der Waals surface area contributed by atoms with Gasteiger partial charge in [-0.1, -0.05) is 26.0 Å². The summed E-state index contributed by atoms with van der Waals surface area (Å²) in [5, 5.41) is 8.91. The van der Waals surface area contributed by atoms with Gasteiger partial charge in [0.2, 0.25) is 10.0 Å². The molecule has 138 valence electrons. The normalized spacial score (nSPS) is 11.9. The van der Waals surface area contributed by atoms with Gasteiger partial charge in [-0.2, -0.15) is 9.57 Å². The molecule has 7 nitrogen and oxygen atoms in total. The van der Waals surface area contributed by atoms with Crippen molar-refractivity contribution >= 4 is 25.7 Å². The van der Waals surface area contributed by atoms with E-state index in [0.29, 0.717) is 13.1 Å². The summed E-state index contributed by atoms with van der Waals surface area (Å²) in [6.45, 7) is 4.09. The molecule has 0 aliphatic rings. The van der Waals surface area contributed by atoms with Crippen molar-refractivity contribution in [1.82, 2.24) is 4.31 Å². The minimum Gasteiger partial charge on any atom is -0.280 e. The van der Waals surface area contributed by atoms with E-state index in [0.717, 1.165) is 0 Å². The molecule has 0 unspecified atom stereocenters. The van der Waals surface area contributed by atoms with Gasteiger partial charge in [0.25, 0.3) is 10.0 Å². The number of nitriles is 1. The highest BCUT2D eigenvalue weighted by Crippen LogP contribution is 2.22. The summed E-state index contributed by atoms with van der Waals surface area (Å²) in [7, 11) is -7.65. The first-order valence-corrected chi connectivity index (χ1v) is 10.8. The van der Waals surface area contributed by atoms with Gasteiger partial charge >= 0.3 is 0 Å². The monoisotopic (exact) mass is 393 g/mol. The third-order valence-electron chi connectivity index (χ3n) is 3.70. The van der Waals surface area contributed by atoms with E-state index < -0.39 is 20.0 Å². The average Bonchev–Trinajstić information content (AvgIpc) is 2.62. The fourth-order valence-corrected chi connectivity index (χ4v) is 4.98. The Labute approximate surface area is 154 Å². The maximum absolute atomic E-state index is 12.6.